The van der Waals surface area contributed by atoms with Crippen LogP contribution in [0.5, 0.6) is 0 Å². The average molecular weight is 375 g/mol. The van der Waals surface area contributed by atoms with Crippen LogP contribution in [0.2, 0.25) is 0 Å². The first-order valence-electron chi connectivity index (χ1n) is 8.36. The van der Waals surface area contributed by atoms with Gasteiger partial charge >= 0.3 is 0 Å². The van der Waals surface area contributed by atoms with E-state index in [4.69, 9.17) is 4.98 Å². The highest BCUT2D eigenvalue weighted by atomic mass is 32.2. The lowest BCUT2D eigenvalue weighted by molar-refractivity contribution is -0.895. The number of nitrogens with one attached hydrogen (secondary N) is 1. The lowest BCUT2D eigenvalue weighted by atomic mass is 10.1. The molecule has 4 rings (SSSR count). The zero-order valence-electron chi connectivity index (χ0n) is 14.0. The molecule has 0 saturated carbocycles. The van der Waals surface area contributed by atoms with Crippen molar-refractivity contribution < 1.29 is 10.0 Å². The van der Waals surface area contributed by atoms with Crippen LogP contribution in [0.25, 0.3) is 15.9 Å². The fraction of sp³-hybridized carbons (Fsp3) is 0.333. The van der Waals surface area contributed by atoms with Crippen LogP contribution in [0.1, 0.15) is 10.4 Å². The van der Waals surface area contributed by atoms with Gasteiger partial charge in [0.05, 0.1) is 36.2 Å². The summed E-state index contributed by atoms with van der Waals surface area (Å²) in [5.74, 6) is 0.517. The maximum absolute atomic E-state index is 13.4. The SMILES string of the molecule is C[NH+]1CCc2c(sc3nc(SCCO)n(-c4ccccc4)c(=O)c23)C1. The number of rotatable bonds is 4. The Morgan fingerprint density at radius 3 is 2.92 bits per heavy atom. The molecule has 1 atom stereocenters. The molecule has 0 saturated heterocycles. The van der Waals surface area contributed by atoms with Gasteiger partial charge in [-0.3, -0.25) is 9.36 Å². The Hall–Kier alpha value is -1.67. The number of aliphatic hydroxyl groups is 1. The predicted molar refractivity (Wildman–Crippen MR) is 102 cm³/mol. The predicted octanol–water partition coefficient (Wildman–Crippen LogP) is 1.10. The molecule has 0 aliphatic carbocycles. The van der Waals surface area contributed by atoms with Gasteiger partial charge in [0.25, 0.3) is 5.56 Å². The molecule has 0 spiro atoms. The minimum absolute atomic E-state index is 0.00805. The number of thioether (sulfide) groups is 1. The summed E-state index contributed by atoms with van der Waals surface area (Å²) in [7, 11) is 2.19. The molecule has 1 aliphatic rings. The molecule has 5 nitrogen and oxygen atoms in total. The number of nitrogens with zero attached hydrogens (tertiary/aromatic N) is 2. The van der Waals surface area contributed by atoms with Gasteiger partial charge in [0.1, 0.15) is 11.4 Å². The number of para-hydroxylation sites is 1. The van der Waals surface area contributed by atoms with Gasteiger partial charge in [-0.15, -0.1) is 11.3 Å². The largest absolute Gasteiger partial charge is 0.396 e. The summed E-state index contributed by atoms with van der Waals surface area (Å²) in [4.78, 5) is 21.8. The van der Waals surface area contributed by atoms with Gasteiger partial charge in [-0.2, -0.15) is 0 Å². The highest BCUT2D eigenvalue weighted by Gasteiger charge is 2.26. The van der Waals surface area contributed by atoms with Gasteiger partial charge in [-0.25, -0.2) is 4.98 Å². The van der Waals surface area contributed by atoms with Crippen molar-refractivity contribution in [2.24, 2.45) is 0 Å². The first-order valence-corrected chi connectivity index (χ1v) is 10.2. The number of benzene rings is 1. The van der Waals surface area contributed by atoms with Crippen LogP contribution in [0.15, 0.2) is 40.3 Å². The second-order valence-electron chi connectivity index (χ2n) is 6.26. The molecule has 3 aromatic rings. The third-order valence-electron chi connectivity index (χ3n) is 4.48. The summed E-state index contributed by atoms with van der Waals surface area (Å²) in [6.45, 7) is 2.06. The van der Waals surface area contributed by atoms with Gasteiger partial charge in [-0.1, -0.05) is 30.0 Å². The van der Waals surface area contributed by atoms with Crippen molar-refractivity contribution in [3.05, 3.63) is 51.1 Å². The number of quaternary nitrogens is 1. The zero-order valence-corrected chi connectivity index (χ0v) is 15.6. The molecule has 1 unspecified atom stereocenters. The van der Waals surface area contributed by atoms with E-state index >= 15 is 0 Å². The van der Waals surface area contributed by atoms with Gasteiger partial charge < -0.3 is 10.0 Å². The molecule has 130 valence electrons. The summed E-state index contributed by atoms with van der Waals surface area (Å²) in [6, 6.07) is 9.64. The van der Waals surface area contributed by atoms with Crippen molar-refractivity contribution in [1.82, 2.24) is 9.55 Å². The minimum atomic E-state index is 0.00805. The van der Waals surface area contributed by atoms with E-state index in [1.54, 1.807) is 15.9 Å². The molecular weight excluding hydrogens is 354 g/mol. The lowest BCUT2D eigenvalue weighted by Crippen LogP contribution is -3.08. The van der Waals surface area contributed by atoms with Crippen LogP contribution in [0, 0.1) is 0 Å². The third-order valence-corrected chi connectivity index (χ3v) is 6.52. The highest BCUT2D eigenvalue weighted by molar-refractivity contribution is 7.99. The number of fused-ring (bicyclic) bond motifs is 3. The molecule has 2 N–H and O–H groups in total. The van der Waals surface area contributed by atoms with Crippen LogP contribution < -0.4 is 10.5 Å². The Morgan fingerprint density at radius 2 is 2.16 bits per heavy atom. The van der Waals surface area contributed by atoms with E-state index in [1.807, 2.05) is 30.3 Å². The standard InChI is InChI=1S/C18H19N3O2S2/c1-20-8-7-13-14(11-20)25-16-15(13)17(23)21(12-5-3-2-4-6-12)18(19-16)24-10-9-22/h2-6,22H,7-11H2,1H3/p+1. The molecule has 3 heterocycles. The molecule has 25 heavy (non-hydrogen) atoms. The smallest absolute Gasteiger partial charge is 0.267 e. The Kier molecular flexibility index (Phi) is 4.64. The first-order chi connectivity index (χ1) is 12.2. The van der Waals surface area contributed by atoms with Gasteiger partial charge in [0, 0.05) is 12.2 Å². The van der Waals surface area contributed by atoms with Crippen molar-refractivity contribution >= 4 is 33.3 Å². The molecule has 0 amide bonds. The Morgan fingerprint density at radius 1 is 1.36 bits per heavy atom. The number of hydrogen-bond donors (Lipinski definition) is 2. The highest BCUT2D eigenvalue weighted by Crippen LogP contribution is 2.31. The van der Waals surface area contributed by atoms with Crippen LogP contribution in [0.4, 0.5) is 0 Å². The third kappa shape index (κ3) is 3.01. The second-order valence-corrected chi connectivity index (χ2v) is 8.41. The van der Waals surface area contributed by atoms with Crippen molar-refractivity contribution in [2.45, 2.75) is 18.1 Å². The van der Waals surface area contributed by atoms with Crippen LogP contribution in [-0.4, -0.2) is 40.6 Å². The van der Waals surface area contributed by atoms with Gasteiger partial charge in [-0.05, 0) is 17.7 Å². The van der Waals surface area contributed by atoms with E-state index < -0.39 is 0 Å². The topological polar surface area (TPSA) is 59.6 Å². The number of hydrogen-bond acceptors (Lipinski definition) is 5. The van der Waals surface area contributed by atoms with E-state index in [-0.39, 0.29) is 12.2 Å². The Bertz CT molecular complexity index is 966. The van der Waals surface area contributed by atoms with Crippen LogP contribution in [-0.2, 0) is 13.0 Å². The normalized spacial score (nSPS) is 17.0. The minimum Gasteiger partial charge on any atom is -0.396 e. The maximum atomic E-state index is 13.4. The number of likely N-dealkylation sites (N-methyl/N-ethyl adjacent to an activating group) is 1. The average Bonchev–Trinajstić information content (AvgIpc) is 2.98. The Balaban J connectivity index is 1.98. The van der Waals surface area contributed by atoms with E-state index in [9.17, 15) is 9.90 Å². The number of thiophene rings is 1. The van der Waals surface area contributed by atoms with E-state index in [0.717, 1.165) is 35.4 Å². The summed E-state index contributed by atoms with van der Waals surface area (Å²) < 4.78 is 1.70. The quantitative estimate of drug-likeness (QED) is 0.530. The van der Waals surface area contributed by atoms with E-state index in [2.05, 4.69) is 7.05 Å². The monoisotopic (exact) mass is 374 g/mol. The summed E-state index contributed by atoms with van der Waals surface area (Å²) in [5.41, 5.74) is 2.01. The molecule has 0 fully saturated rings. The second kappa shape index (κ2) is 6.92. The summed E-state index contributed by atoms with van der Waals surface area (Å²) in [5, 5.41) is 10.6. The zero-order chi connectivity index (χ0) is 17.4. The molecule has 0 bridgehead atoms. The first kappa shape index (κ1) is 16.8. The molecule has 1 aliphatic heterocycles. The maximum Gasteiger partial charge on any atom is 0.267 e. The number of aliphatic hydroxyl groups excluding tert-OH is 1. The van der Waals surface area contributed by atoms with Crippen molar-refractivity contribution in [3.63, 3.8) is 0 Å². The fourth-order valence-electron chi connectivity index (χ4n) is 3.28. The Labute approximate surface area is 153 Å². The molecule has 2 aromatic heterocycles. The van der Waals surface area contributed by atoms with Gasteiger partial charge in [0.2, 0.25) is 0 Å². The molecule has 0 radical (unpaired) electrons. The fourth-order valence-corrected chi connectivity index (χ4v) is 5.41. The number of aromatic nitrogens is 2. The lowest BCUT2D eigenvalue weighted by Gasteiger charge is -2.19. The van der Waals surface area contributed by atoms with Crippen molar-refractivity contribution in [3.8, 4) is 5.69 Å². The van der Waals surface area contributed by atoms with Crippen molar-refractivity contribution in [1.29, 1.82) is 0 Å². The van der Waals surface area contributed by atoms with E-state index in [1.165, 1.54) is 27.1 Å². The van der Waals surface area contributed by atoms with Crippen LogP contribution in [0.3, 0.4) is 0 Å². The summed E-state index contributed by atoms with van der Waals surface area (Å²) in [6.07, 6.45) is 0.927. The van der Waals surface area contributed by atoms with E-state index in [0.29, 0.717) is 10.9 Å². The molecule has 7 heteroatoms. The molecular formula is C18H20N3O2S2+. The van der Waals surface area contributed by atoms with Crippen LogP contribution >= 0.6 is 23.1 Å². The van der Waals surface area contributed by atoms with Gasteiger partial charge in [0.15, 0.2) is 5.16 Å². The van der Waals surface area contributed by atoms with Crippen molar-refractivity contribution in [2.75, 3.05) is 26.0 Å². The summed E-state index contributed by atoms with van der Waals surface area (Å²) >= 11 is 3.07. The molecule has 1 aromatic carbocycles.